The summed E-state index contributed by atoms with van der Waals surface area (Å²) in [4.78, 5) is 0. The summed E-state index contributed by atoms with van der Waals surface area (Å²) < 4.78 is 15.3. The summed E-state index contributed by atoms with van der Waals surface area (Å²) in [6.07, 6.45) is 11.3. The lowest BCUT2D eigenvalue weighted by atomic mass is 9.70. The van der Waals surface area contributed by atoms with Crippen molar-refractivity contribution in [2.45, 2.75) is 99.8 Å². The minimum Gasteiger partial charge on any atom is -0.206 e. The molecule has 0 aromatic heterocycles. The lowest BCUT2D eigenvalue weighted by molar-refractivity contribution is 0.354. The van der Waals surface area contributed by atoms with Crippen molar-refractivity contribution in [2.24, 2.45) is 11.3 Å². The van der Waals surface area contributed by atoms with Crippen molar-refractivity contribution >= 4 is 0 Å². The quantitative estimate of drug-likeness (QED) is 0.356. The molecule has 1 saturated carbocycles. The lowest BCUT2D eigenvalue weighted by Gasteiger charge is -2.34. The summed E-state index contributed by atoms with van der Waals surface area (Å²) in [5.74, 6) is 0.701. The van der Waals surface area contributed by atoms with Gasteiger partial charge in [0.15, 0.2) is 0 Å². The Balaban J connectivity index is 2.42. The van der Waals surface area contributed by atoms with E-state index in [1.54, 1.807) is 0 Å². The Morgan fingerprint density at radius 3 is 2.30 bits per heavy atom. The second-order valence-electron chi connectivity index (χ2n) is 9.92. The van der Waals surface area contributed by atoms with Crippen LogP contribution in [0.1, 0.15) is 96.8 Å². The number of hydrogen-bond donors (Lipinski definition) is 0. The van der Waals surface area contributed by atoms with Gasteiger partial charge < -0.3 is 0 Å². The van der Waals surface area contributed by atoms with Crippen LogP contribution >= 0.6 is 0 Å². The first-order valence-electron chi connectivity index (χ1n) is 11.9. The molecule has 0 N–H and O–H groups in total. The maximum atomic E-state index is 15.3. The molecular weight excluding hydrogens is 367 g/mol. The molecule has 0 nitrogen and oxygen atoms in total. The van der Waals surface area contributed by atoms with Crippen molar-refractivity contribution in [2.75, 3.05) is 0 Å². The first kappa shape index (κ1) is 24.6. The first-order chi connectivity index (χ1) is 14.1. The van der Waals surface area contributed by atoms with Gasteiger partial charge in [0, 0.05) is 0 Å². The van der Waals surface area contributed by atoms with Crippen molar-refractivity contribution in [3.8, 4) is 0 Å². The molecular formula is C29H43F. The van der Waals surface area contributed by atoms with Gasteiger partial charge >= 0.3 is 0 Å². The van der Waals surface area contributed by atoms with E-state index in [-0.39, 0.29) is 11.2 Å². The van der Waals surface area contributed by atoms with Gasteiger partial charge in [0.25, 0.3) is 0 Å². The van der Waals surface area contributed by atoms with Crippen molar-refractivity contribution in [1.82, 2.24) is 0 Å². The van der Waals surface area contributed by atoms with Gasteiger partial charge in [-0.25, -0.2) is 4.39 Å². The monoisotopic (exact) mass is 410 g/mol. The van der Waals surface area contributed by atoms with Gasteiger partial charge in [0.1, 0.15) is 5.82 Å². The zero-order valence-electron chi connectivity index (χ0n) is 20.6. The summed E-state index contributed by atoms with van der Waals surface area (Å²) in [6.45, 7) is 19.4. The number of rotatable bonds is 9. The fourth-order valence-electron chi connectivity index (χ4n) is 5.43. The van der Waals surface area contributed by atoms with Gasteiger partial charge in [-0.2, -0.15) is 0 Å². The molecule has 1 aliphatic carbocycles. The van der Waals surface area contributed by atoms with Crippen molar-refractivity contribution in [3.05, 3.63) is 69.6 Å². The second-order valence-corrected chi connectivity index (χ2v) is 9.92. The van der Waals surface area contributed by atoms with E-state index >= 15 is 4.39 Å². The minimum atomic E-state index is -0.0164. The van der Waals surface area contributed by atoms with Gasteiger partial charge in [-0.3, -0.25) is 0 Å². The van der Waals surface area contributed by atoms with Gasteiger partial charge in [-0.05, 0) is 93.1 Å². The number of allylic oxidation sites excluding steroid dienone is 5. The molecule has 0 bridgehead atoms. The number of halogens is 1. The molecule has 0 aliphatic heterocycles. The molecule has 1 aromatic rings. The molecule has 1 heteroatoms. The van der Waals surface area contributed by atoms with E-state index in [9.17, 15) is 0 Å². The number of benzene rings is 1. The van der Waals surface area contributed by atoms with E-state index in [1.165, 1.54) is 42.4 Å². The summed E-state index contributed by atoms with van der Waals surface area (Å²) in [6, 6.07) is 4.27. The first-order valence-corrected chi connectivity index (χ1v) is 11.9. The van der Waals surface area contributed by atoms with Crippen LogP contribution in [-0.4, -0.2) is 0 Å². The van der Waals surface area contributed by atoms with Crippen LogP contribution < -0.4 is 0 Å². The Morgan fingerprint density at radius 1 is 1.17 bits per heavy atom. The molecule has 0 amide bonds. The van der Waals surface area contributed by atoms with Crippen molar-refractivity contribution < 1.29 is 4.39 Å². The van der Waals surface area contributed by atoms with E-state index < -0.39 is 0 Å². The predicted molar refractivity (Wildman–Crippen MR) is 130 cm³/mol. The summed E-state index contributed by atoms with van der Waals surface area (Å²) in [5, 5.41) is 0. The van der Waals surface area contributed by atoms with Crippen LogP contribution in [0.5, 0.6) is 0 Å². The average molecular weight is 411 g/mol. The van der Waals surface area contributed by atoms with Crippen molar-refractivity contribution in [1.29, 1.82) is 0 Å². The highest BCUT2D eigenvalue weighted by atomic mass is 19.1. The largest absolute Gasteiger partial charge is 0.206 e. The third kappa shape index (κ3) is 5.54. The average Bonchev–Trinajstić information content (AvgIpc) is 3.20. The van der Waals surface area contributed by atoms with E-state index in [2.05, 4.69) is 66.3 Å². The molecule has 0 spiro atoms. The standard InChI is InChI=1S/C29H43F/c1-9-17-29(8,23(7)27(20(3)4)21(5)10-2)19-26-16-15-25(28(30)22(26)6)18-24-13-11-12-14-24/h10,15-16,24H,3,9,11-14,17-19H2,1-2,4-8H3/b21-10+,27-23-. The Hall–Kier alpha value is -1.63. The molecule has 166 valence electrons. The molecule has 1 unspecified atom stereocenters. The van der Waals surface area contributed by atoms with Gasteiger partial charge in [-0.1, -0.05) is 81.9 Å². The smallest absolute Gasteiger partial charge is 0.129 e. The minimum absolute atomic E-state index is 0.0164. The van der Waals surface area contributed by atoms with Crippen molar-refractivity contribution in [3.63, 3.8) is 0 Å². The molecule has 1 aliphatic rings. The molecule has 0 radical (unpaired) electrons. The number of hydrogen-bond acceptors (Lipinski definition) is 0. The lowest BCUT2D eigenvalue weighted by Crippen LogP contribution is -2.24. The summed E-state index contributed by atoms with van der Waals surface area (Å²) >= 11 is 0. The van der Waals surface area contributed by atoms with Crippen LogP contribution in [0.4, 0.5) is 4.39 Å². The third-order valence-corrected chi connectivity index (χ3v) is 7.48. The maximum Gasteiger partial charge on any atom is 0.129 e. The second kappa shape index (κ2) is 10.6. The molecule has 2 rings (SSSR count). The molecule has 1 aromatic carbocycles. The molecule has 1 fully saturated rings. The van der Waals surface area contributed by atoms with Crippen LogP contribution in [0.3, 0.4) is 0 Å². The third-order valence-electron chi connectivity index (χ3n) is 7.48. The summed E-state index contributed by atoms with van der Waals surface area (Å²) in [5.41, 5.74) is 7.94. The van der Waals surface area contributed by atoms with Gasteiger partial charge in [-0.15, -0.1) is 0 Å². The zero-order chi connectivity index (χ0) is 22.5. The van der Waals surface area contributed by atoms with Gasteiger partial charge in [0.2, 0.25) is 0 Å². The maximum absolute atomic E-state index is 15.3. The highest BCUT2D eigenvalue weighted by Crippen LogP contribution is 2.41. The van der Waals surface area contributed by atoms with Crippen LogP contribution in [-0.2, 0) is 12.8 Å². The molecule has 1 atom stereocenters. The zero-order valence-corrected chi connectivity index (χ0v) is 20.6. The fourth-order valence-corrected chi connectivity index (χ4v) is 5.43. The fraction of sp³-hybridized carbons (Fsp3) is 0.586. The van der Waals surface area contributed by atoms with E-state index in [4.69, 9.17) is 0 Å². The Kier molecular flexibility index (Phi) is 8.71. The SMILES string of the molecule is C=C(C)C(=C(\C)C(C)(CCC)Cc1ccc(CC2CCCC2)c(F)c1C)/C(C)=C/C. The van der Waals surface area contributed by atoms with Crippen LogP contribution in [0.25, 0.3) is 0 Å². The topological polar surface area (TPSA) is 0 Å². The highest BCUT2D eigenvalue weighted by molar-refractivity contribution is 5.48. The Bertz CT molecular complexity index is 817. The van der Waals surface area contributed by atoms with E-state index in [0.29, 0.717) is 5.92 Å². The van der Waals surface area contributed by atoms with Crippen LogP contribution in [0.2, 0.25) is 0 Å². The molecule has 0 heterocycles. The summed E-state index contributed by atoms with van der Waals surface area (Å²) in [7, 11) is 0. The van der Waals surface area contributed by atoms with Crippen LogP contribution in [0.15, 0.2) is 47.1 Å². The molecule has 30 heavy (non-hydrogen) atoms. The Labute approximate surface area is 185 Å². The predicted octanol–water partition coefficient (Wildman–Crippen LogP) is 9.07. The highest BCUT2D eigenvalue weighted by Gasteiger charge is 2.30. The normalized spacial score (nSPS) is 18.3. The molecule has 0 saturated heterocycles. The van der Waals surface area contributed by atoms with Gasteiger partial charge in [0.05, 0.1) is 0 Å². The van der Waals surface area contributed by atoms with E-state index in [1.807, 2.05) is 6.92 Å². The Morgan fingerprint density at radius 2 is 1.77 bits per heavy atom. The van der Waals surface area contributed by atoms with E-state index in [0.717, 1.165) is 47.9 Å². The van der Waals surface area contributed by atoms with Crippen LogP contribution in [0, 0.1) is 24.1 Å².